The molecule has 0 aliphatic rings. The van der Waals surface area contributed by atoms with E-state index in [1.165, 1.54) is 6.07 Å². The van der Waals surface area contributed by atoms with E-state index in [1.807, 2.05) is 6.07 Å². The summed E-state index contributed by atoms with van der Waals surface area (Å²) in [7, 11) is 0. The monoisotopic (exact) mass is 283 g/mol. The van der Waals surface area contributed by atoms with E-state index in [-0.39, 0.29) is 5.82 Å². The predicted octanol–water partition coefficient (Wildman–Crippen LogP) is 4.30. The maximum atomic E-state index is 14.0. The Morgan fingerprint density at radius 1 is 1.00 bits per heavy atom. The summed E-state index contributed by atoms with van der Waals surface area (Å²) in [4.78, 5) is 0. The highest BCUT2D eigenvalue weighted by molar-refractivity contribution is 6.42. The third kappa shape index (κ3) is 2.83. The van der Waals surface area contributed by atoms with Crippen LogP contribution in [0.4, 0.5) is 4.39 Å². The molecule has 0 aromatic heterocycles. The summed E-state index contributed by atoms with van der Waals surface area (Å²) < 4.78 is 14.0. The van der Waals surface area contributed by atoms with Crippen molar-refractivity contribution in [1.82, 2.24) is 0 Å². The van der Waals surface area contributed by atoms with Crippen molar-refractivity contribution in [1.29, 1.82) is 0 Å². The molecule has 0 unspecified atom stereocenters. The van der Waals surface area contributed by atoms with Crippen LogP contribution < -0.4 is 5.73 Å². The number of hydrogen-bond acceptors (Lipinski definition) is 1. The van der Waals surface area contributed by atoms with E-state index in [4.69, 9.17) is 28.9 Å². The summed E-state index contributed by atoms with van der Waals surface area (Å²) in [5, 5.41) is 0.875. The minimum absolute atomic E-state index is 0.278. The molecule has 0 fully saturated rings. The molecule has 0 atom stereocenters. The van der Waals surface area contributed by atoms with E-state index in [0.29, 0.717) is 34.1 Å². The van der Waals surface area contributed by atoms with Gasteiger partial charge in [-0.3, -0.25) is 0 Å². The zero-order valence-corrected chi connectivity index (χ0v) is 11.1. The molecule has 4 heteroatoms. The van der Waals surface area contributed by atoms with Crippen LogP contribution in [0.5, 0.6) is 0 Å². The predicted molar refractivity (Wildman–Crippen MR) is 74.6 cm³/mol. The van der Waals surface area contributed by atoms with E-state index in [9.17, 15) is 4.39 Å². The van der Waals surface area contributed by atoms with Gasteiger partial charge in [-0.1, -0.05) is 41.4 Å². The van der Waals surface area contributed by atoms with E-state index >= 15 is 0 Å². The van der Waals surface area contributed by atoms with Crippen molar-refractivity contribution in [3.63, 3.8) is 0 Å². The molecular formula is C14H12Cl2FN. The SMILES string of the molecule is NCCc1ccc(-c2ccc(Cl)c(Cl)c2)c(F)c1. The first-order valence-electron chi connectivity index (χ1n) is 5.55. The molecule has 2 aromatic carbocycles. The molecule has 1 nitrogen and oxygen atoms in total. The largest absolute Gasteiger partial charge is 0.330 e. The van der Waals surface area contributed by atoms with E-state index in [1.54, 1.807) is 24.3 Å². The second-order valence-corrected chi connectivity index (χ2v) is 4.80. The lowest BCUT2D eigenvalue weighted by molar-refractivity contribution is 0.629. The molecule has 18 heavy (non-hydrogen) atoms. The minimum atomic E-state index is -0.278. The van der Waals surface area contributed by atoms with Crippen molar-refractivity contribution in [2.75, 3.05) is 6.54 Å². The Bertz CT molecular complexity index is 570. The van der Waals surface area contributed by atoms with Gasteiger partial charge in [0.2, 0.25) is 0 Å². The third-order valence-corrected chi connectivity index (χ3v) is 3.44. The number of benzene rings is 2. The first-order chi connectivity index (χ1) is 8.61. The maximum absolute atomic E-state index is 14.0. The standard InChI is InChI=1S/C14H12Cl2FN/c15-12-4-2-10(8-13(12)16)11-3-1-9(5-6-18)7-14(11)17/h1-4,7-8H,5-6,18H2. The summed E-state index contributed by atoms with van der Waals surface area (Å²) in [6, 6.07) is 10.2. The Morgan fingerprint density at radius 3 is 2.39 bits per heavy atom. The van der Waals surface area contributed by atoms with Crippen LogP contribution in [0, 0.1) is 5.82 Å². The van der Waals surface area contributed by atoms with Crippen LogP contribution >= 0.6 is 23.2 Å². The fourth-order valence-electron chi connectivity index (χ4n) is 1.78. The van der Waals surface area contributed by atoms with Crippen LogP contribution in [0.3, 0.4) is 0 Å². The number of rotatable bonds is 3. The van der Waals surface area contributed by atoms with Gasteiger partial charge in [-0.25, -0.2) is 4.39 Å². The van der Waals surface area contributed by atoms with Crippen LogP contribution in [0.2, 0.25) is 10.0 Å². The van der Waals surface area contributed by atoms with Gasteiger partial charge in [-0.15, -0.1) is 0 Å². The van der Waals surface area contributed by atoms with Gasteiger partial charge in [0.25, 0.3) is 0 Å². The molecule has 0 amide bonds. The summed E-state index contributed by atoms with van der Waals surface area (Å²) in [6.45, 7) is 0.506. The topological polar surface area (TPSA) is 26.0 Å². The zero-order valence-electron chi connectivity index (χ0n) is 9.59. The van der Waals surface area contributed by atoms with Gasteiger partial charge in [0.1, 0.15) is 5.82 Å². The van der Waals surface area contributed by atoms with E-state index in [2.05, 4.69) is 0 Å². The molecule has 2 aromatic rings. The molecule has 0 saturated heterocycles. The molecule has 0 heterocycles. The average molecular weight is 284 g/mol. The van der Waals surface area contributed by atoms with Crippen LogP contribution in [0.1, 0.15) is 5.56 Å². The smallest absolute Gasteiger partial charge is 0.131 e. The summed E-state index contributed by atoms with van der Waals surface area (Å²) in [5.74, 6) is -0.278. The molecule has 0 spiro atoms. The maximum Gasteiger partial charge on any atom is 0.131 e. The quantitative estimate of drug-likeness (QED) is 0.893. The van der Waals surface area contributed by atoms with Gasteiger partial charge in [-0.2, -0.15) is 0 Å². The van der Waals surface area contributed by atoms with Crippen molar-refractivity contribution in [2.24, 2.45) is 5.73 Å². The molecule has 0 aliphatic heterocycles. The first-order valence-corrected chi connectivity index (χ1v) is 6.31. The lowest BCUT2D eigenvalue weighted by Gasteiger charge is -2.07. The van der Waals surface area contributed by atoms with Gasteiger partial charge >= 0.3 is 0 Å². The molecule has 0 radical (unpaired) electrons. The summed E-state index contributed by atoms with van der Waals surface area (Å²) in [5.41, 5.74) is 7.55. The van der Waals surface area contributed by atoms with Crippen molar-refractivity contribution in [3.05, 3.63) is 57.8 Å². The minimum Gasteiger partial charge on any atom is -0.330 e. The normalized spacial score (nSPS) is 10.7. The highest BCUT2D eigenvalue weighted by Gasteiger charge is 2.08. The van der Waals surface area contributed by atoms with Gasteiger partial charge < -0.3 is 5.73 Å². The molecule has 2 N–H and O–H groups in total. The van der Waals surface area contributed by atoms with Crippen LogP contribution in [-0.4, -0.2) is 6.54 Å². The molecule has 0 saturated carbocycles. The molecule has 0 bridgehead atoms. The van der Waals surface area contributed by atoms with Crippen molar-refractivity contribution in [2.45, 2.75) is 6.42 Å². The average Bonchev–Trinajstić information content (AvgIpc) is 2.34. The number of nitrogens with two attached hydrogens (primary N) is 1. The Kier molecular flexibility index (Phi) is 4.23. The zero-order chi connectivity index (χ0) is 13.1. The van der Waals surface area contributed by atoms with Crippen LogP contribution in [-0.2, 0) is 6.42 Å². The highest BCUT2D eigenvalue weighted by Crippen LogP contribution is 2.30. The van der Waals surface area contributed by atoms with E-state index in [0.717, 1.165) is 5.56 Å². The van der Waals surface area contributed by atoms with Crippen LogP contribution in [0.15, 0.2) is 36.4 Å². The lowest BCUT2D eigenvalue weighted by Crippen LogP contribution is -2.03. The van der Waals surface area contributed by atoms with Gasteiger partial charge in [-0.05, 0) is 42.3 Å². The molecule has 2 rings (SSSR count). The van der Waals surface area contributed by atoms with Gasteiger partial charge in [0.05, 0.1) is 10.0 Å². The van der Waals surface area contributed by atoms with Crippen LogP contribution in [0.25, 0.3) is 11.1 Å². The Labute approximate surface area is 115 Å². The lowest BCUT2D eigenvalue weighted by atomic mass is 10.0. The first kappa shape index (κ1) is 13.3. The number of halogens is 3. The third-order valence-electron chi connectivity index (χ3n) is 2.70. The second-order valence-electron chi connectivity index (χ2n) is 3.98. The van der Waals surface area contributed by atoms with Crippen molar-refractivity contribution < 1.29 is 4.39 Å². The number of hydrogen-bond donors (Lipinski definition) is 1. The highest BCUT2D eigenvalue weighted by atomic mass is 35.5. The molecule has 94 valence electrons. The molecule has 0 aliphatic carbocycles. The summed E-state index contributed by atoms with van der Waals surface area (Å²) in [6.07, 6.45) is 0.665. The fourth-order valence-corrected chi connectivity index (χ4v) is 2.08. The Balaban J connectivity index is 2.41. The summed E-state index contributed by atoms with van der Waals surface area (Å²) >= 11 is 11.8. The second kappa shape index (κ2) is 5.70. The van der Waals surface area contributed by atoms with Crippen molar-refractivity contribution in [3.8, 4) is 11.1 Å². The fraction of sp³-hybridized carbons (Fsp3) is 0.143. The van der Waals surface area contributed by atoms with Gasteiger partial charge in [0, 0.05) is 5.56 Å². The van der Waals surface area contributed by atoms with Gasteiger partial charge in [0.15, 0.2) is 0 Å². The van der Waals surface area contributed by atoms with E-state index < -0.39 is 0 Å². The van der Waals surface area contributed by atoms with Crippen molar-refractivity contribution >= 4 is 23.2 Å². The molecular weight excluding hydrogens is 272 g/mol. The Hall–Kier alpha value is -1.09. The Morgan fingerprint density at radius 2 is 1.78 bits per heavy atom.